The molecule has 1 aromatic carbocycles. The van der Waals surface area contributed by atoms with Crippen molar-refractivity contribution in [2.45, 2.75) is 33.1 Å². The van der Waals surface area contributed by atoms with Crippen molar-refractivity contribution < 1.29 is 19.1 Å². The standard InChI is InChI=1S/C21H23BrN2O4S2/c1-11(2)10-28-15-8-7-12(22)9-14(15)18(25)23-21(29)24-19-17(20(26)27-3)13-5-4-6-16(13)30-19/h7-9,11H,4-6,10H2,1-3H3,(H2,23,24,25,29). The minimum atomic E-state index is -0.401. The van der Waals surface area contributed by atoms with Crippen LogP contribution in [0.1, 0.15) is 51.4 Å². The highest BCUT2D eigenvalue weighted by atomic mass is 79.9. The van der Waals surface area contributed by atoms with Crippen LogP contribution in [0.5, 0.6) is 5.75 Å². The molecule has 0 radical (unpaired) electrons. The van der Waals surface area contributed by atoms with Crippen molar-refractivity contribution in [3.05, 3.63) is 44.2 Å². The lowest BCUT2D eigenvalue weighted by molar-refractivity contribution is 0.0601. The number of esters is 1. The first kappa shape index (κ1) is 22.7. The van der Waals surface area contributed by atoms with E-state index in [4.69, 9.17) is 21.7 Å². The van der Waals surface area contributed by atoms with Crippen LogP contribution in [0.15, 0.2) is 22.7 Å². The van der Waals surface area contributed by atoms with Gasteiger partial charge in [-0.25, -0.2) is 4.79 Å². The summed E-state index contributed by atoms with van der Waals surface area (Å²) in [5.41, 5.74) is 1.89. The van der Waals surface area contributed by atoms with E-state index in [1.54, 1.807) is 12.1 Å². The molecule has 3 rings (SSSR count). The zero-order valence-electron chi connectivity index (χ0n) is 17.0. The van der Waals surface area contributed by atoms with Crippen LogP contribution in [0.3, 0.4) is 0 Å². The number of anilines is 1. The molecular formula is C21H23BrN2O4S2. The summed E-state index contributed by atoms with van der Waals surface area (Å²) in [5, 5.41) is 6.40. The van der Waals surface area contributed by atoms with Gasteiger partial charge in [-0.05, 0) is 61.2 Å². The highest BCUT2D eigenvalue weighted by molar-refractivity contribution is 9.10. The predicted molar refractivity (Wildman–Crippen MR) is 126 cm³/mol. The van der Waals surface area contributed by atoms with Crippen LogP contribution in [0, 0.1) is 5.92 Å². The molecule has 0 aliphatic heterocycles. The summed E-state index contributed by atoms with van der Waals surface area (Å²) in [6, 6.07) is 5.25. The lowest BCUT2D eigenvalue weighted by Crippen LogP contribution is -2.34. The molecule has 30 heavy (non-hydrogen) atoms. The number of benzene rings is 1. The number of halogens is 1. The Labute approximate surface area is 193 Å². The maximum Gasteiger partial charge on any atom is 0.341 e. The number of rotatable bonds is 6. The first-order valence-electron chi connectivity index (χ1n) is 9.57. The first-order valence-corrected chi connectivity index (χ1v) is 11.6. The molecule has 1 aliphatic rings. The van der Waals surface area contributed by atoms with Gasteiger partial charge in [-0.2, -0.15) is 0 Å². The van der Waals surface area contributed by atoms with Gasteiger partial charge in [0.2, 0.25) is 0 Å². The molecule has 1 amide bonds. The Morgan fingerprint density at radius 3 is 2.77 bits per heavy atom. The van der Waals surface area contributed by atoms with E-state index < -0.39 is 11.9 Å². The lowest BCUT2D eigenvalue weighted by Gasteiger charge is -2.14. The SMILES string of the molecule is COC(=O)c1c(NC(=S)NC(=O)c2cc(Br)ccc2OCC(C)C)sc2c1CCC2. The summed E-state index contributed by atoms with van der Waals surface area (Å²) in [5.74, 6) is 0.0148. The summed E-state index contributed by atoms with van der Waals surface area (Å²) in [7, 11) is 1.36. The van der Waals surface area contributed by atoms with Crippen LogP contribution in [0.2, 0.25) is 0 Å². The number of thiocarbonyl (C=S) groups is 1. The fraction of sp³-hybridized carbons (Fsp3) is 0.381. The second-order valence-electron chi connectivity index (χ2n) is 7.31. The van der Waals surface area contributed by atoms with E-state index in [1.165, 1.54) is 18.4 Å². The minimum absolute atomic E-state index is 0.111. The highest BCUT2D eigenvalue weighted by Gasteiger charge is 2.28. The number of carbonyl (C=O) groups excluding carboxylic acids is 2. The van der Waals surface area contributed by atoms with E-state index in [2.05, 4.69) is 26.6 Å². The Morgan fingerprint density at radius 2 is 2.07 bits per heavy atom. The van der Waals surface area contributed by atoms with Crippen molar-refractivity contribution in [2.75, 3.05) is 19.0 Å². The summed E-state index contributed by atoms with van der Waals surface area (Å²) in [6.07, 6.45) is 2.79. The Hall–Kier alpha value is -1.97. The van der Waals surface area contributed by atoms with Crippen LogP contribution >= 0.6 is 39.5 Å². The zero-order chi connectivity index (χ0) is 21.8. The molecule has 0 fully saturated rings. The number of nitrogens with one attached hydrogen (secondary N) is 2. The van der Waals surface area contributed by atoms with Crippen molar-refractivity contribution in [2.24, 2.45) is 5.92 Å². The molecule has 0 atom stereocenters. The Balaban J connectivity index is 1.76. The topological polar surface area (TPSA) is 76.7 Å². The smallest absolute Gasteiger partial charge is 0.341 e. The van der Waals surface area contributed by atoms with Crippen molar-refractivity contribution >= 4 is 61.5 Å². The second-order valence-corrected chi connectivity index (χ2v) is 9.74. The largest absolute Gasteiger partial charge is 0.492 e. The summed E-state index contributed by atoms with van der Waals surface area (Å²) in [4.78, 5) is 26.3. The van der Waals surface area contributed by atoms with Crippen molar-refractivity contribution in [1.82, 2.24) is 5.32 Å². The van der Waals surface area contributed by atoms with E-state index >= 15 is 0 Å². The van der Waals surface area contributed by atoms with Gasteiger partial charge in [0, 0.05) is 9.35 Å². The van der Waals surface area contributed by atoms with Crippen LogP contribution in [-0.2, 0) is 17.6 Å². The quantitative estimate of drug-likeness (QED) is 0.423. The first-order chi connectivity index (χ1) is 14.3. The second kappa shape index (κ2) is 9.89. The molecular weight excluding hydrogens is 488 g/mol. The number of hydrogen-bond acceptors (Lipinski definition) is 6. The van der Waals surface area contributed by atoms with Crippen molar-refractivity contribution in [1.29, 1.82) is 0 Å². The number of amides is 1. The van der Waals surface area contributed by atoms with Crippen LogP contribution in [0.4, 0.5) is 5.00 Å². The van der Waals surface area contributed by atoms with E-state index in [9.17, 15) is 9.59 Å². The molecule has 0 spiro atoms. The average Bonchev–Trinajstić information content (AvgIpc) is 3.26. The van der Waals surface area contributed by atoms with Gasteiger partial charge in [-0.3, -0.25) is 10.1 Å². The van der Waals surface area contributed by atoms with Crippen molar-refractivity contribution in [3.63, 3.8) is 0 Å². The Kier molecular flexibility index (Phi) is 7.49. The fourth-order valence-electron chi connectivity index (χ4n) is 3.18. The molecule has 2 aromatic rings. The van der Waals surface area contributed by atoms with Gasteiger partial charge < -0.3 is 14.8 Å². The monoisotopic (exact) mass is 510 g/mol. The number of thiophene rings is 1. The molecule has 2 N–H and O–H groups in total. The molecule has 0 saturated carbocycles. The van der Waals surface area contributed by atoms with Crippen LogP contribution in [-0.4, -0.2) is 30.7 Å². The third-order valence-corrected chi connectivity index (χ3v) is 6.43. The van der Waals surface area contributed by atoms with Crippen LogP contribution in [0.25, 0.3) is 0 Å². The molecule has 1 heterocycles. The third-order valence-electron chi connectivity index (χ3n) is 4.52. The average molecular weight is 511 g/mol. The van der Waals surface area contributed by atoms with Gasteiger partial charge in [0.25, 0.3) is 5.91 Å². The molecule has 9 heteroatoms. The molecule has 6 nitrogen and oxygen atoms in total. The molecule has 0 saturated heterocycles. The van der Waals surface area contributed by atoms with Gasteiger partial charge in [0.1, 0.15) is 10.8 Å². The highest BCUT2D eigenvalue weighted by Crippen LogP contribution is 2.39. The van der Waals surface area contributed by atoms with E-state index in [0.29, 0.717) is 34.4 Å². The van der Waals surface area contributed by atoms with E-state index in [0.717, 1.165) is 34.2 Å². The molecule has 1 aromatic heterocycles. The normalized spacial score (nSPS) is 12.4. The maximum absolute atomic E-state index is 12.8. The number of aryl methyl sites for hydroxylation is 1. The zero-order valence-corrected chi connectivity index (χ0v) is 20.2. The maximum atomic E-state index is 12.8. The molecule has 0 unspecified atom stereocenters. The minimum Gasteiger partial charge on any atom is -0.492 e. The fourth-order valence-corrected chi connectivity index (χ4v) is 5.08. The number of ether oxygens (including phenoxy) is 2. The van der Waals surface area contributed by atoms with Crippen molar-refractivity contribution in [3.8, 4) is 5.75 Å². The Bertz CT molecular complexity index is 988. The molecule has 0 bridgehead atoms. The van der Waals surface area contributed by atoms with E-state index in [1.807, 2.05) is 19.9 Å². The number of fused-ring (bicyclic) bond motifs is 1. The molecule has 1 aliphatic carbocycles. The number of carbonyl (C=O) groups is 2. The van der Waals surface area contributed by atoms with Gasteiger partial charge in [-0.1, -0.05) is 29.8 Å². The summed E-state index contributed by atoms with van der Waals surface area (Å²) >= 11 is 10.2. The lowest BCUT2D eigenvalue weighted by atomic mass is 10.1. The van der Waals surface area contributed by atoms with Gasteiger partial charge in [0.15, 0.2) is 5.11 Å². The predicted octanol–water partition coefficient (Wildman–Crippen LogP) is 4.95. The van der Waals surface area contributed by atoms with Gasteiger partial charge in [0.05, 0.1) is 24.8 Å². The van der Waals surface area contributed by atoms with Crippen LogP contribution < -0.4 is 15.4 Å². The summed E-state index contributed by atoms with van der Waals surface area (Å²) in [6.45, 7) is 4.57. The number of methoxy groups -OCH3 is 1. The Morgan fingerprint density at radius 1 is 1.30 bits per heavy atom. The van der Waals surface area contributed by atoms with E-state index in [-0.39, 0.29) is 5.11 Å². The third kappa shape index (κ3) is 5.19. The van der Waals surface area contributed by atoms with Gasteiger partial charge >= 0.3 is 5.97 Å². The number of hydrogen-bond donors (Lipinski definition) is 2. The molecule has 160 valence electrons. The van der Waals surface area contributed by atoms with Gasteiger partial charge in [-0.15, -0.1) is 11.3 Å². The summed E-state index contributed by atoms with van der Waals surface area (Å²) < 4.78 is 11.5.